The van der Waals surface area contributed by atoms with E-state index >= 15 is 0 Å². The highest BCUT2D eigenvalue weighted by molar-refractivity contribution is 6.35. The third-order valence-electron chi connectivity index (χ3n) is 4.23. The lowest BCUT2D eigenvalue weighted by Gasteiger charge is -2.19. The largest absolute Gasteiger partial charge is 0.465 e. The van der Waals surface area contributed by atoms with Gasteiger partial charge in [0.15, 0.2) is 6.10 Å². The molecule has 0 aliphatic carbocycles. The van der Waals surface area contributed by atoms with Crippen LogP contribution in [0.3, 0.4) is 0 Å². The lowest BCUT2D eigenvalue weighted by atomic mass is 10.1. The first-order chi connectivity index (χ1) is 14.5. The zero-order chi connectivity index (χ0) is 23.3. The number of halogens is 2. The summed E-state index contributed by atoms with van der Waals surface area (Å²) in [5.41, 5.74) is -0.368. The second kappa shape index (κ2) is 10.2. The smallest absolute Gasteiger partial charge is 0.339 e. The van der Waals surface area contributed by atoms with Crippen molar-refractivity contribution in [3.05, 3.63) is 73.2 Å². The molecule has 9 nitrogen and oxygen atoms in total. The van der Waals surface area contributed by atoms with Crippen LogP contribution >= 0.6 is 23.2 Å². The van der Waals surface area contributed by atoms with Gasteiger partial charge in [0.25, 0.3) is 11.6 Å². The molecule has 2 aromatic carbocycles. The second-order valence-corrected chi connectivity index (χ2v) is 7.30. The summed E-state index contributed by atoms with van der Waals surface area (Å²) in [7, 11) is 1.10. The first-order valence-corrected chi connectivity index (χ1v) is 9.63. The van der Waals surface area contributed by atoms with E-state index in [0.29, 0.717) is 15.6 Å². The normalized spacial score (nSPS) is 12.4. The Kier molecular flexibility index (Phi) is 7.95. The fourth-order valence-electron chi connectivity index (χ4n) is 2.61. The SMILES string of the molecule is COC(=O)c1cc(C(=O)OC(C)C(=O)NC(C)c2ccc(Cl)cc2Cl)cc([N+](=O)[O-])c1. The molecule has 2 rings (SSSR count). The number of hydrogen-bond donors (Lipinski definition) is 1. The fraction of sp³-hybridized carbons (Fsp3) is 0.250. The van der Waals surface area contributed by atoms with Crippen LogP contribution in [-0.4, -0.2) is 36.0 Å². The molecule has 0 aliphatic rings. The second-order valence-electron chi connectivity index (χ2n) is 6.46. The Balaban J connectivity index is 2.14. The summed E-state index contributed by atoms with van der Waals surface area (Å²) in [4.78, 5) is 46.9. The fourth-order valence-corrected chi connectivity index (χ4v) is 3.19. The average molecular weight is 469 g/mol. The van der Waals surface area contributed by atoms with Crippen molar-refractivity contribution in [2.45, 2.75) is 26.0 Å². The van der Waals surface area contributed by atoms with Gasteiger partial charge < -0.3 is 14.8 Å². The van der Waals surface area contributed by atoms with Crippen LogP contribution in [-0.2, 0) is 14.3 Å². The number of rotatable bonds is 7. The molecule has 0 saturated carbocycles. The number of amides is 1. The molecule has 0 aromatic heterocycles. The van der Waals surface area contributed by atoms with Crippen molar-refractivity contribution in [2.75, 3.05) is 7.11 Å². The van der Waals surface area contributed by atoms with Crippen molar-refractivity contribution in [2.24, 2.45) is 0 Å². The topological polar surface area (TPSA) is 125 Å². The molecule has 0 spiro atoms. The molecule has 0 radical (unpaired) electrons. The monoisotopic (exact) mass is 468 g/mol. The number of nitro groups is 1. The molecule has 31 heavy (non-hydrogen) atoms. The number of nitrogens with one attached hydrogen (secondary N) is 1. The molecule has 164 valence electrons. The molecular weight excluding hydrogens is 451 g/mol. The van der Waals surface area contributed by atoms with Gasteiger partial charge in [-0.15, -0.1) is 0 Å². The maximum absolute atomic E-state index is 12.4. The summed E-state index contributed by atoms with van der Waals surface area (Å²) in [5.74, 6) is -2.50. The van der Waals surface area contributed by atoms with E-state index < -0.39 is 40.6 Å². The summed E-state index contributed by atoms with van der Waals surface area (Å²) < 4.78 is 9.64. The van der Waals surface area contributed by atoms with Gasteiger partial charge >= 0.3 is 11.9 Å². The molecule has 0 fully saturated rings. The minimum atomic E-state index is -1.23. The van der Waals surface area contributed by atoms with Crippen LogP contribution in [0.4, 0.5) is 5.69 Å². The number of non-ortho nitro benzene ring substituents is 1. The Morgan fingerprint density at radius 1 is 1.03 bits per heavy atom. The molecule has 0 bridgehead atoms. The van der Waals surface area contributed by atoms with Gasteiger partial charge in [0, 0.05) is 22.2 Å². The third-order valence-corrected chi connectivity index (χ3v) is 4.79. The molecule has 2 aromatic rings. The molecule has 1 N–H and O–H groups in total. The van der Waals surface area contributed by atoms with Crippen LogP contribution < -0.4 is 5.32 Å². The van der Waals surface area contributed by atoms with Gasteiger partial charge in [0.1, 0.15) is 0 Å². The van der Waals surface area contributed by atoms with Gasteiger partial charge in [-0.25, -0.2) is 9.59 Å². The minimum absolute atomic E-state index is 0.202. The maximum Gasteiger partial charge on any atom is 0.339 e. The zero-order valence-electron chi connectivity index (χ0n) is 16.7. The van der Waals surface area contributed by atoms with Crippen LogP contribution in [0.15, 0.2) is 36.4 Å². The van der Waals surface area contributed by atoms with E-state index in [4.69, 9.17) is 27.9 Å². The lowest BCUT2D eigenvalue weighted by Crippen LogP contribution is -2.37. The number of benzene rings is 2. The number of carbonyl (C=O) groups excluding carboxylic acids is 3. The van der Waals surface area contributed by atoms with E-state index in [-0.39, 0.29) is 11.1 Å². The number of hydrogen-bond acceptors (Lipinski definition) is 7. The Labute approximate surface area is 187 Å². The van der Waals surface area contributed by atoms with Crippen molar-refractivity contribution >= 4 is 46.7 Å². The van der Waals surface area contributed by atoms with E-state index in [1.54, 1.807) is 19.1 Å². The Morgan fingerprint density at radius 3 is 2.19 bits per heavy atom. The van der Waals surface area contributed by atoms with Gasteiger partial charge in [0.2, 0.25) is 0 Å². The average Bonchev–Trinajstić information content (AvgIpc) is 2.72. The quantitative estimate of drug-likeness (QED) is 0.368. The van der Waals surface area contributed by atoms with Gasteiger partial charge in [-0.05, 0) is 37.6 Å². The predicted octanol–water partition coefficient (Wildman–Crippen LogP) is 4.11. The van der Waals surface area contributed by atoms with Crippen LogP contribution in [0.25, 0.3) is 0 Å². The number of esters is 2. The molecule has 1 amide bonds. The predicted molar refractivity (Wildman–Crippen MR) is 112 cm³/mol. The molecule has 2 unspecified atom stereocenters. The summed E-state index contributed by atoms with van der Waals surface area (Å²) in [6.45, 7) is 3.02. The van der Waals surface area contributed by atoms with Gasteiger partial charge in [-0.1, -0.05) is 29.3 Å². The van der Waals surface area contributed by atoms with Gasteiger partial charge in [-0.3, -0.25) is 14.9 Å². The Bertz CT molecular complexity index is 1040. The highest BCUT2D eigenvalue weighted by Gasteiger charge is 2.24. The van der Waals surface area contributed by atoms with Crippen molar-refractivity contribution in [1.82, 2.24) is 5.32 Å². The first kappa shape index (κ1) is 24.1. The van der Waals surface area contributed by atoms with E-state index in [0.717, 1.165) is 25.3 Å². The van der Waals surface area contributed by atoms with Gasteiger partial charge in [0.05, 0.1) is 29.2 Å². The number of methoxy groups -OCH3 is 1. The third kappa shape index (κ3) is 6.16. The van der Waals surface area contributed by atoms with Crippen molar-refractivity contribution < 1.29 is 28.8 Å². The summed E-state index contributed by atoms with van der Waals surface area (Å²) in [6, 6.07) is 7.29. The van der Waals surface area contributed by atoms with E-state index in [1.165, 1.54) is 13.0 Å². The van der Waals surface area contributed by atoms with Crippen LogP contribution in [0.1, 0.15) is 46.2 Å². The number of nitro benzene ring substituents is 1. The minimum Gasteiger partial charge on any atom is -0.465 e. The lowest BCUT2D eigenvalue weighted by molar-refractivity contribution is -0.384. The highest BCUT2D eigenvalue weighted by Crippen LogP contribution is 2.26. The zero-order valence-corrected chi connectivity index (χ0v) is 18.2. The summed E-state index contributed by atoms with van der Waals surface area (Å²) in [6.07, 6.45) is -1.23. The summed E-state index contributed by atoms with van der Waals surface area (Å²) >= 11 is 12.0. The van der Waals surface area contributed by atoms with Crippen LogP contribution in [0.2, 0.25) is 10.0 Å². The molecule has 2 atom stereocenters. The van der Waals surface area contributed by atoms with E-state index in [9.17, 15) is 24.5 Å². The number of carbonyl (C=O) groups is 3. The molecule has 0 heterocycles. The number of nitrogens with zero attached hydrogens (tertiary/aromatic N) is 1. The molecule has 11 heteroatoms. The summed E-state index contributed by atoms with van der Waals surface area (Å²) in [5, 5.41) is 14.5. The Hall–Kier alpha value is -3.17. The first-order valence-electron chi connectivity index (χ1n) is 8.87. The maximum atomic E-state index is 12.4. The standard InChI is InChI=1S/C20H18Cl2N2O7/c1-10(16-5-4-14(21)9-17(16)22)23-18(25)11(2)31-20(27)13-6-12(19(26)30-3)7-15(8-13)24(28)29/h4-11H,1-3H3,(H,23,25). The van der Waals surface area contributed by atoms with Crippen LogP contribution in [0.5, 0.6) is 0 Å². The number of ether oxygens (including phenoxy) is 2. The molecule has 0 saturated heterocycles. The van der Waals surface area contributed by atoms with E-state index in [1.807, 2.05) is 0 Å². The van der Waals surface area contributed by atoms with Crippen molar-refractivity contribution in [3.63, 3.8) is 0 Å². The van der Waals surface area contributed by atoms with E-state index in [2.05, 4.69) is 10.1 Å². The molecular formula is C20H18Cl2N2O7. The van der Waals surface area contributed by atoms with Crippen molar-refractivity contribution in [1.29, 1.82) is 0 Å². The molecule has 0 aliphatic heterocycles. The van der Waals surface area contributed by atoms with Gasteiger partial charge in [-0.2, -0.15) is 0 Å². The van der Waals surface area contributed by atoms with Crippen LogP contribution in [0, 0.1) is 10.1 Å². The Morgan fingerprint density at radius 2 is 1.65 bits per heavy atom. The highest BCUT2D eigenvalue weighted by atomic mass is 35.5. The van der Waals surface area contributed by atoms with Crippen molar-refractivity contribution in [3.8, 4) is 0 Å².